The summed E-state index contributed by atoms with van der Waals surface area (Å²) in [7, 11) is 0. The topological polar surface area (TPSA) is 79.6 Å². The van der Waals surface area contributed by atoms with E-state index in [1.807, 2.05) is 42.0 Å². The van der Waals surface area contributed by atoms with Crippen molar-refractivity contribution in [3.8, 4) is 5.69 Å². The quantitative estimate of drug-likeness (QED) is 0.555. The number of carbonyl (C=O) groups is 2. The van der Waals surface area contributed by atoms with Crippen molar-refractivity contribution in [2.45, 2.75) is 44.4 Å². The number of nitrogens with one attached hydrogen (secondary N) is 1. The highest BCUT2D eigenvalue weighted by Gasteiger charge is 2.49. The van der Waals surface area contributed by atoms with Crippen molar-refractivity contribution in [2.24, 2.45) is 4.99 Å². The molecule has 3 aromatic rings. The van der Waals surface area contributed by atoms with Gasteiger partial charge in [-0.15, -0.1) is 0 Å². The van der Waals surface area contributed by atoms with E-state index in [0.29, 0.717) is 18.4 Å². The fourth-order valence-corrected chi connectivity index (χ4v) is 4.83. The summed E-state index contributed by atoms with van der Waals surface area (Å²) < 4.78 is 41.0. The van der Waals surface area contributed by atoms with Gasteiger partial charge in [0.25, 0.3) is 5.91 Å². The highest BCUT2D eigenvalue weighted by molar-refractivity contribution is 6.47. The van der Waals surface area contributed by atoms with Gasteiger partial charge in [0, 0.05) is 23.1 Å². The number of hydrogen-bond acceptors (Lipinski definition) is 4. The van der Waals surface area contributed by atoms with Crippen molar-refractivity contribution in [2.75, 3.05) is 11.9 Å². The van der Waals surface area contributed by atoms with E-state index in [1.54, 1.807) is 6.33 Å². The lowest BCUT2D eigenvalue weighted by molar-refractivity contribution is -0.137. The van der Waals surface area contributed by atoms with Gasteiger partial charge in [0.1, 0.15) is 17.9 Å². The lowest BCUT2D eigenvalue weighted by atomic mass is 10.1. The first-order chi connectivity index (χ1) is 17.1. The number of halogens is 3. The van der Waals surface area contributed by atoms with E-state index in [9.17, 15) is 22.8 Å². The van der Waals surface area contributed by atoms with Gasteiger partial charge in [-0.05, 0) is 62.9 Å². The van der Waals surface area contributed by atoms with E-state index < -0.39 is 23.3 Å². The molecule has 1 aromatic heterocycles. The minimum absolute atomic E-state index is 0.0217. The number of aromatic nitrogens is 2. The standard InChI is InChI=1S/C26H24F3N5O2/c1-17-14-33(16-30-17)21-9-7-18(8-10-21)23-24(36)34(25(32-23)11-2-3-12-25)15-22(35)31-20-6-4-5-19(13-20)26(27,28)29/h4-10,13-14,16H,2-3,11-12,15H2,1H3,(H,31,35). The first-order valence-corrected chi connectivity index (χ1v) is 11.6. The second kappa shape index (κ2) is 8.92. The third-order valence-corrected chi connectivity index (χ3v) is 6.60. The third-order valence-electron chi connectivity index (χ3n) is 6.60. The second-order valence-electron chi connectivity index (χ2n) is 9.14. The molecule has 186 valence electrons. The van der Waals surface area contributed by atoms with Crippen LogP contribution in [0.4, 0.5) is 18.9 Å². The van der Waals surface area contributed by atoms with Crippen LogP contribution in [0.15, 0.2) is 66.0 Å². The van der Waals surface area contributed by atoms with Crippen LogP contribution in [-0.4, -0.2) is 44.2 Å². The Morgan fingerprint density at radius 3 is 2.47 bits per heavy atom. The van der Waals surface area contributed by atoms with Crippen LogP contribution in [0.5, 0.6) is 0 Å². The van der Waals surface area contributed by atoms with Crippen molar-refractivity contribution >= 4 is 23.2 Å². The predicted octanol–water partition coefficient (Wildman–Crippen LogP) is 4.74. The number of benzene rings is 2. The Kier molecular flexibility index (Phi) is 5.89. The summed E-state index contributed by atoms with van der Waals surface area (Å²) in [6, 6.07) is 11.8. The minimum atomic E-state index is -4.52. The Bertz CT molecular complexity index is 1340. The number of carbonyl (C=O) groups excluding carboxylic acids is 2. The van der Waals surface area contributed by atoms with Crippen LogP contribution < -0.4 is 5.32 Å². The van der Waals surface area contributed by atoms with Crippen molar-refractivity contribution in [1.29, 1.82) is 0 Å². The molecule has 1 saturated carbocycles. The number of rotatable bonds is 5. The fraction of sp³-hybridized carbons (Fsp3) is 0.308. The van der Waals surface area contributed by atoms with E-state index in [0.717, 1.165) is 36.4 Å². The molecule has 2 amide bonds. The summed E-state index contributed by atoms with van der Waals surface area (Å²) in [5, 5.41) is 2.50. The largest absolute Gasteiger partial charge is 0.416 e. The van der Waals surface area contributed by atoms with Gasteiger partial charge < -0.3 is 14.8 Å². The van der Waals surface area contributed by atoms with Gasteiger partial charge in [0.2, 0.25) is 5.91 Å². The Hall–Kier alpha value is -3.95. The number of amides is 2. The number of aryl methyl sites for hydroxylation is 1. The molecule has 1 fully saturated rings. The molecule has 2 aromatic carbocycles. The SMILES string of the molecule is Cc1cn(-c2ccc(C3=NC4(CCCC4)N(CC(=O)Nc4cccc(C(F)(F)F)c4)C3=O)cc2)cn1. The average molecular weight is 496 g/mol. The maximum absolute atomic E-state index is 13.5. The Morgan fingerprint density at radius 1 is 1.11 bits per heavy atom. The molecule has 0 radical (unpaired) electrons. The molecule has 5 rings (SSSR count). The molecule has 7 nitrogen and oxygen atoms in total. The van der Waals surface area contributed by atoms with Gasteiger partial charge >= 0.3 is 6.18 Å². The van der Waals surface area contributed by atoms with Crippen LogP contribution >= 0.6 is 0 Å². The third kappa shape index (κ3) is 4.50. The van der Waals surface area contributed by atoms with E-state index in [2.05, 4.69) is 10.3 Å². The van der Waals surface area contributed by atoms with Crippen LogP contribution in [0, 0.1) is 6.92 Å². The molecular formula is C26H24F3N5O2. The maximum Gasteiger partial charge on any atom is 0.416 e. The van der Waals surface area contributed by atoms with Gasteiger partial charge in [0.15, 0.2) is 0 Å². The zero-order valence-electron chi connectivity index (χ0n) is 19.5. The number of hydrogen-bond donors (Lipinski definition) is 1. The second-order valence-corrected chi connectivity index (χ2v) is 9.14. The predicted molar refractivity (Wildman–Crippen MR) is 128 cm³/mol. The molecule has 0 saturated heterocycles. The first kappa shape index (κ1) is 23.8. The van der Waals surface area contributed by atoms with Crippen molar-refractivity contribution < 1.29 is 22.8 Å². The maximum atomic E-state index is 13.5. The number of imidazole rings is 1. The van der Waals surface area contributed by atoms with Gasteiger partial charge in [-0.2, -0.15) is 13.2 Å². The minimum Gasteiger partial charge on any atom is -0.325 e. The Labute approximate surface area is 205 Å². The lowest BCUT2D eigenvalue weighted by Gasteiger charge is -2.32. The first-order valence-electron chi connectivity index (χ1n) is 11.6. The summed E-state index contributed by atoms with van der Waals surface area (Å²) in [6.07, 6.45) is 2.08. The van der Waals surface area contributed by atoms with Crippen LogP contribution in [0.1, 0.15) is 42.5 Å². The van der Waals surface area contributed by atoms with E-state index in [-0.39, 0.29) is 23.9 Å². The van der Waals surface area contributed by atoms with Crippen LogP contribution in [0.2, 0.25) is 0 Å². The molecule has 2 heterocycles. The average Bonchev–Trinajstić information content (AvgIpc) is 3.56. The molecule has 0 bridgehead atoms. The molecule has 0 atom stereocenters. The zero-order chi connectivity index (χ0) is 25.5. The van der Waals surface area contributed by atoms with E-state index in [1.165, 1.54) is 17.0 Å². The summed E-state index contributed by atoms with van der Waals surface area (Å²) >= 11 is 0. The zero-order valence-corrected chi connectivity index (χ0v) is 19.5. The van der Waals surface area contributed by atoms with Gasteiger partial charge in [-0.25, -0.2) is 4.98 Å². The summed E-state index contributed by atoms with van der Waals surface area (Å²) in [4.78, 5) is 36.8. The van der Waals surface area contributed by atoms with Crippen LogP contribution in [-0.2, 0) is 15.8 Å². The summed E-state index contributed by atoms with van der Waals surface area (Å²) in [5.74, 6) is -0.932. The summed E-state index contributed by atoms with van der Waals surface area (Å²) in [6.45, 7) is 1.60. The molecule has 1 aliphatic heterocycles. The van der Waals surface area contributed by atoms with Gasteiger partial charge in [0.05, 0.1) is 17.6 Å². The highest BCUT2D eigenvalue weighted by Crippen LogP contribution is 2.41. The lowest BCUT2D eigenvalue weighted by Crippen LogP contribution is -2.48. The normalized spacial score (nSPS) is 17.1. The number of anilines is 1. The number of nitrogens with zero attached hydrogens (tertiary/aromatic N) is 4. The van der Waals surface area contributed by atoms with Gasteiger partial charge in [-0.1, -0.05) is 18.2 Å². The number of alkyl halides is 3. The molecular weight excluding hydrogens is 471 g/mol. The molecule has 1 N–H and O–H groups in total. The van der Waals surface area contributed by atoms with Crippen molar-refractivity contribution in [1.82, 2.24) is 14.5 Å². The van der Waals surface area contributed by atoms with Crippen molar-refractivity contribution in [3.05, 3.63) is 77.9 Å². The van der Waals surface area contributed by atoms with Gasteiger partial charge in [-0.3, -0.25) is 14.6 Å². The molecule has 2 aliphatic rings. The smallest absolute Gasteiger partial charge is 0.325 e. The molecule has 1 aliphatic carbocycles. The molecule has 1 spiro atoms. The molecule has 36 heavy (non-hydrogen) atoms. The Balaban J connectivity index is 1.35. The fourth-order valence-electron chi connectivity index (χ4n) is 4.83. The monoisotopic (exact) mass is 495 g/mol. The van der Waals surface area contributed by atoms with Crippen LogP contribution in [0.3, 0.4) is 0 Å². The van der Waals surface area contributed by atoms with Crippen LogP contribution in [0.25, 0.3) is 5.69 Å². The van der Waals surface area contributed by atoms with E-state index >= 15 is 0 Å². The Morgan fingerprint density at radius 2 is 1.83 bits per heavy atom. The summed E-state index contributed by atoms with van der Waals surface area (Å²) in [5.41, 5.74) is 1.07. The number of aliphatic imine (C=N–C) groups is 1. The highest BCUT2D eigenvalue weighted by atomic mass is 19.4. The van der Waals surface area contributed by atoms with E-state index in [4.69, 9.17) is 4.99 Å². The molecule has 0 unspecified atom stereocenters. The van der Waals surface area contributed by atoms with Crippen molar-refractivity contribution in [3.63, 3.8) is 0 Å². The molecule has 10 heteroatoms.